The lowest BCUT2D eigenvalue weighted by molar-refractivity contribution is 0.0815. The molecule has 4 aromatic rings. The monoisotopic (exact) mass is 411 g/mol. The molecule has 0 saturated carbocycles. The van der Waals surface area contributed by atoms with Crippen LogP contribution in [0.25, 0.3) is 28.1 Å². The van der Waals surface area contributed by atoms with E-state index < -0.39 is 0 Å². The number of pyridine rings is 2. The molecule has 0 amide bonds. The van der Waals surface area contributed by atoms with Crippen LogP contribution in [-0.4, -0.2) is 34.8 Å². The second kappa shape index (κ2) is 8.98. The summed E-state index contributed by atoms with van der Waals surface area (Å²) in [4.78, 5) is 19.9. The molecule has 0 N–H and O–H groups in total. The molecule has 4 rings (SSSR count). The lowest BCUT2D eigenvalue weighted by Gasteiger charge is -2.21. The van der Waals surface area contributed by atoms with Gasteiger partial charge in [-0.25, -0.2) is 0 Å². The van der Waals surface area contributed by atoms with Crippen molar-refractivity contribution in [3.63, 3.8) is 0 Å². The normalized spacial score (nSPS) is 12.0. The van der Waals surface area contributed by atoms with Gasteiger partial charge in [0, 0.05) is 29.2 Å². The quantitative estimate of drug-likeness (QED) is 0.426. The fourth-order valence-electron chi connectivity index (χ4n) is 3.26. The minimum Gasteiger partial charge on any atom is -0.475 e. The number of hydrogen-bond donors (Lipinski definition) is 0. The van der Waals surface area contributed by atoms with E-state index in [4.69, 9.17) is 4.74 Å². The third kappa shape index (κ3) is 4.57. The molecule has 1 unspecified atom stereocenters. The molecule has 0 aliphatic heterocycles. The van der Waals surface area contributed by atoms with Crippen molar-refractivity contribution >= 4 is 0 Å². The van der Waals surface area contributed by atoms with Crippen molar-refractivity contribution in [3.05, 3.63) is 102 Å². The SMILES string of the molecule is CC(Oc1ccc(-c2cc(-c3ccccn3)cn(-c3ccccc3)c2=O)cc1)N(C)C. The number of rotatable bonds is 6. The van der Waals surface area contributed by atoms with E-state index in [0.29, 0.717) is 5.56 Å². The van der Waals surface area contributed by atoms with Crippen LogP contribution in [0, 0.1) is 0 Å². The lowest BCUT2D eigenvalue weighted by atomic mass is 10.0. The highest BCUT2D eigenvalue weighted by atomic mass is 16.5. The predicted molar refractivity (Wildman–Crippen MR) is 124 cm³/mol. The zero-order valence-corrected chi connectivity index (χ0v) is 17.9. The van der Waals surface area contributed by atoms with Crippen LogP contribution in [0.15, 0.2) is 96.1 Å². The first-order valence-electron chi connectivity index (χ1n) is 10.2. The van der Waals surface area contributed by atoms with Crippen LogP contribution in [0.3, 0.4) is 0 Å². The molecule has 5 nitrogen and oxygen atoms in total. The smallest absolute Gasteiger partial charge is 0.262 e. The van der Waals surface area contributed by atoms with Crippen molar-refractivity contribution in [3.8, 4) is 33.8 Å². The van der Waals surface area contributed by atoms with Crippen molar-refractivity contribution in [2.24, 2.45) is 0 Å². The van der Waals surface area contributed by atoms with E-state index in [1.807, 2.05) is 111 Å². The van der Waals surface area contributed by atoms with Gasteiger partial charge in [-0.1, -0.05) is 36.4 Å². The van der Waals surface area contributed by atoms with Crippen LogP contribution < -0.4 is 10.3 Å². The summed E-state index contributed by atoms with van der Waals surface area (Å²) in [5.41, 5.74) is 3.86. The van der Waals surface area contributed by atoms with Gasteiger partial charge >= 0.3 is 0 Å². The third-order valence-electron chi connectivity index (χ3n) is 5.21. The molecule has 0 spiro atoms. The minimum absolute atomic E-state index is 0.0476. The van der Waals surface area contributed by atoms with Gasteiger partial charge in [0.25, 0.3) is 5.56 Å². The summed E-state index contributed by atoms with van der Waals surface area (Å²) in [6, 6.07) is 24.9. The van der Waals surface area contributed by atoms with Crippen LogP contribution in [0.1, 0.15) is 6.92 Å². The Balaban J connectivity index is 1.81. The molecule has 2 aromatic carbocycles. The van der Waals surface area contributed by atoms with Crippen molar-refractivity contribution in [1.82, 2.24) is 14.5 Å². The Morgan fingerprint density at radius 3 is 2.26 bits per heavy atom. The van der Waals surface area contributed by atoms with E-state index in [9.17, 15) is 4.79 Å². The molecule has 1 atom stereocenters. The Kier molecular flexibility index (Phi) is 5.96. The van der Waals surface area contributed by atoms with Crippen molar-refractivity contribution < 1.29 is 4.74 Å². The number of nitrogens with zero attached hydrogens (tertiary/aromatic N) is 3. The van der Waals surface area contributed by atoms with E-state index >= 15 is 0 Å². The number of para-hydroxylation sites is 1. The standard InChI is InChI=1S/C26H25N3O2/c1-19(28(2)3)31-23-14-12-20(13-15-23)24-17-21(25-11-7-8-16-27-25)18-29(26(24)30)22-9-5-4-6-10-22/h4-19H,1-3H3. The zero-order chi connectivity index (χ0) is 21.8. The van der Waals surface area contributed by atoms with Gasteiger partial charge in [0.05, 0.1) is 5.69 Å². The molecule has 0 saturated heterocycles. The molecule has 31 heavy (non-hydrogen) atoms. The summed E-state index contributed by atoms with van der Waals surface area (Å²) in [7, 11) is 3.93. The maximum absolute atomic E-state index is 13.4. The average molecular weight is 412 g/mol. The van der Waals surface area contributed by atoms with Gasteiger partial charge in [-0.3, -0.25) is 19.2 Å². The van der Waals surface area contributed by atoms with Gasteiger partial charge in [0.2, 0.25) is 0 Å². The number of ether oxygens (including phenoxy) is 1. The molecule has 2 heterocycles. The summed E-state index contributed by atoms with van der Waals surface area (Å²) in [5.74, 6) is 0.759. The summed E-state index contributed by atoms with van der Waals surface area (Å²) < 4.78 is 7.59. The van der Waals surface area contributed by atoms with Gasteiger partial charge < -0.3 is 4.74 Å². The minimum atomic E-state index is -0.0822. The highest BCUT2D eigenvalue weighted by Gasteiger charge is 2.13. The van der Waals surface area contributed by atoms with E-state index in [-0.39, 0.29) is 11.8 Å². The first-order chi connectivity index (χ1) is 15.0. The number of hydrogen-bond acceptors (Lipinski definition) is 4. The Hall–Kier alpha value is -3.70. The Bertz CT molecular complexity index is 1200. The Morgan fingerprint density at radius 1 is 0.903 bits per heavy atom. The fraction of sp³-hybridized carbons (Fsp3) is 0.154. The highest BCUT2D eigenvalue weighted by molar-refractivity contribution is 5.71. The first kappa shape index (κ1) is 20.6. The van der Waals surface area contributed by atoms with Crippen LogP contribution >= 0.6 is 0 Å². The lowest BCUT2D eigenvalue weighted by Crippen LogP contribution is -2.30. The van der Waals surface area contributed by atoms with Gasteiger partial charge in [-0.15, -0.1) is 0 Å². The molecular weight excluding hydrogens is 386 g/mol. The Morgan fingerprint density at radius 2 is 1.61 bits per heavy atom. The van der Waals surface area contributed by atoms with E-state index in [1.54, 1.807) is 10.8 Å². The summed E-state index contributed by atoms with van der Waals surface area (Å²) in [5, 5.41) is 0. The number of aromatic nitrogens is 2. The summed E-state index contributed by atoms with van der Waals surface area (Å²) >= 11 is 0. The first-order valence-corrected chi connectivity index (χ1v) is 10.2. The summed E-state index contributed by atoms with van der Waals surface area (Å²) in [6.07, 6.45) is 3.55. The molecule has 0 bridgehead atoms. The van der Waals surface area contributed by atoms with E-state index in [0.717, 1.165) is 28.3 Å². The van der Waals surface area contributed by atoms with E-state index in [1.165, 1.54) is 0 Å². The van der Waals surface area contributed by atoms with Crippen molar-refractivity contribution in [2.45, 2.75) is 13.2 Å². The van der Waals surface area contributed by atoms with Gasteiger partial charge in [0.1, 0.15) is 12.0 Å². The molecule has 156 valence electrons. The molecule has 0 aliphatic carbocycles. The van der Waals surface area contributed by atoms with Crippen molar-refractivity contribution in [1.29, 1.82) is 0 Å². The molecular formula is C26H25N3O2. The van der Waals surface area contributed by atoms with Crippen LogP contribution in [0.5, 0.6) is 5.75 Å². The molecule has 0 radical (unpaired) electrons. The molecule has 0 fully saturated rings. The second-order valence-electron chi connectivity index (χ2n) is 7.57. The fourth-order valence-corrected chi connectivity index (χ4v) is 3.26. The maximum Gasteiger partial charge on any atom is 0.262 e. The predicted octanol–water partition coefficient (Wildman–Crippen LogP) is 4.85. The van der Waals surface area contributed by atoms with Crippen LogP contribution in [0.2, 0.25) is 0 Å². The third-order valence-corrected chi connectivity index (χ3v) is 5.21. The zero-order valence-electron chi connectivity index (χ0n) is 17.9. The number of benzene rings is 2. The molecule has 0 aliphatic rings. The Labute approximate surface area is 182 Å². The second-order valence-corrected chi connectivity index (χ2v) is 7.57. The molecule has 5 heteroatoms. The van der Waals surface area contributed by atoms with Gasteiger partial charge in [0.15, 0.2) is 0 Å². The molecule has 2 aromatic heterocycles. The average Bonchev–Trinajstić information content (AvgIpc) is 2.81. The van der Waals surface area contributed by atoms with Crippen molar-refractivity contribution in [2.75, 3.05) is 14.1 Å². The maximum atomic E-state index is 13.4. The van der Waals surface area contributed by atoms with Crippen LogP contribution in [0.4, 0.5) is 0 Å². The largest absolute Gasteiger partial charge is 0.475 e. The van der Waals surface area contributed by atoms with Gasteiger partial charge in [-0.05, 0) is 69.0 Å². The van der Waals surface area contributed by atoms with Gasteiger partial charge in [-0.2, -0.15) is 0 Å². The summed E-state index contributed by atoms with van der Waals surface area (Å²) in [6.45, 7) is 1.99. The topological polar surface area (TPSA) is 47.4 Å². The van der Waals surface area contributed by atoms with E-state index in [2.05, 4.69) is 4.98 Å². The highest BCUT2D eigenvalue weighted by Crippen LogP contribution is 2.26. The van der Waals surface area contributed by atoms with Crippen LogP contribution in [-0.2, 0) is 0 Å².